The summed E-state index contributed by atoms with van der Waals surface area (Å²) >= 11 is 0. The largest absolute Gasteiger partial charge is 0.0622 e. The summed E-state index contributed by atoms with van der Waals surface area (Å²) in [5, 5.41) is 12.7. The highest BCUT2D eigenvalue weighted by Gasteiger charge is 2.34. The third-order valence-electron chi connectivity index (χ3n) is 16.3. The number of fused-ring (bicyclic) bond motifs is 9. The van der Waals surface area contributed by atoms with Gasteiger partial charge >= 0.3 is 0 Å². The van der Waals surface area contributed by atoms with Crippen molar-refractivity contribution >= 4 is 53.9 Å². The number of benzene rings is 14. The summed E-state index contributed by atoms with van der Waals surface area (Å²) in [6.07, 6.45) is 0. The lowest BCUT2D eigenvalue weighted by Gasteiger charge is -2.24. The normalized spacial score (nSPS) is 12.1. The third kappa shape index (κ3) is 5.74. The van der Waals surface area contributed by atoms with Crippen LogP contribution in [-0.2, 0) is 0 Å². The Morgan fingerprint density at radius 3 is 0.986 bits per heavy atom. The fourth-order valence-electron chi connectivity index (χ4n) is 13.5. The first-order chi connectivity index (χ1) is 36.8. The van der Waals surface area contributed by atoms with E-state index in [1.807, 2.05) is 0 Å². The van der Waals surface area contributed by atoms with Crippen LogP contribution >= 0.6 is 0 Å². The summed E-state index contributed by atoms with van der Waals surface area (Å²) in [5.74, 6) is 0. The highest BCUT2D eigenvalue weighted by atomic mass is 14.4. The van der Waals surface area contributed by atoms with Crippen LogP contribution in [0.25, 0.3) is 165 Å². The van der Waals surface area contributed by atoms with Gasteiger partial charge < -0.3 is 0 Å². The van der Waals surface area contributed by atoms with Crippen LogP contribution in [0.4, 0.5) is 0 Å². The molecule has 14 aromatic rings. The summed E-state index contributed by atoms with van der Waals surface area (Å²) in [7, 11) is 0. The lowest BCUT2D eigenvalue weighted by molar-refractivity contribution is 1.58. The van der Waals surface area contributed by atoms with Crippen LogP contribution in [0.15, 0.2) is 267 Å². The minimum atomic E-state index is 1.21. The molecule has 0 spiro atoms. The molecule has 0 N–H and O–H groups in total. The summed E-state index contributed by atoms with van der Waals surface area (Å²) in [5.41, 5.74) is 25.4. The maximum atomic E-state index is 2.53. The van der Waals surface area contributed by atoms with Crippen LogP contribution in [0.3, 0.4) is 0 Å². The van der Waals surface area contributed by atoms with Crippen molar-refractivity contribution in [3.8, 4) is 111 Å². The quantitative estimate of drug-likeness (QED) is 0.146. The Labute approximate surface area is 429 Å². The molecular formula is C74H44. The third-order valence-corrected chi connectivity index (χ3v) is 16.3. The fraction of sp³-hybridized carbons (Fsp3) is 0. The maximum absolute atomic E-state index is 2.53. The molecule has 0 nitrogen and oxygen atoms in total. The Morgan fingerprint density at radius 2 is 0.486 bits per heavy atom. The maximum Gasteiger partial charge on any atom is -0.000741 e. The average Bonchev–Trinajstić information content (AvgIpc) is 3.99. The average molecular weight is 933 g/mol. The molecule has 2 aliphatic carbocycles. The number of hydrogen-bond donors (Lipinski definition) is 0. The topological polar surface area (TPSA) is 0 Å². The standard InChI is InChI=1S/C74H44/c1-5-22-45(23-6-1)62-44-63(67(49-28-11-4-12-29-49)72-59-40-20-31-46-30-19-39-58(64(46)59)71(62)72)69-54-36-17-15-34-52(54)68(53-35-16-18-37-55(53)69)57-42-43-61-70-56(57)38-21-41-60(70)73-65(47-24-7-2-8-25-47)50-32-13-14-33-51(50)66(74(61)73)48-26-9-3-10-27-48/h1-44H. The van der Waals surface area contributed by atoms with Gasteiger partial charge in [-0.3, -0.25) is 0 Å². The zero-order valence-electron chi connectivity index (χ0n) is 40.4. The molecule has 0 unspecified atom stereocenters. The second-order valence-corrected chi connectivity index (χ2v) is 20.0. The summed E-state index contributed by atoms with van der Waals surface area (Å²) in [6, 6.07) is 99.9. The lowest BCUT2D eigenvalue weighted by atomic mass is 9.78. The minimum absolute atomic E-state index is 1.21. The summed E-state index contributed by atoms with van der Waals surface area (Å²) in [6.45, 7) is 0. The summed E-state index contributed by atoms with van der Waals surface area (Å²) in [4.78, 5) is 0. The van der Waals surface area contributed by atoms with E-state index >= 15 is 0 Å². The first-order valence-electron chi connectivity index (χ1n) is 25.8. The van der Waals surface area contributed by atoms with Crippen LogP contribution in [-0.4, -0.2) is 0 Å². The minimum Gasteiger partial charge on any atom is -0.0622 e. The zero-order valence-corrected chi connectivity index (χ0v) is 40.4. The van der Waals surface area contributed by atoms with E-state index < -0.39 is 0 Å². The lowest BCUT2D eigenvalue weighted by Crippen LogP contribution is -1.97. The Kier molecular flexibility index (Phi) is 8.84. The molecule has 0 amide bonds. The first-order valence-corrected chi connectivity index (χ1v) is 25.8. The van der Waals surface area contributed by atoms with E-state index in [0.29, 0.717) is 0 Å². The van der Waals surface area contributed by atoms with Gasteiger partial charge in [-0.1, -0.05) is 261 Å². The van der Waals surface area contributed by atoms with Crippen molar-refractivity contribution in [2.45, 2.75) is 0 Å². The van der Waals surface area contributed by atoms with Crippen molar-refractivity contribution < 1.29 is 0 Å². The highest BCUT2D eigenvalue weighted by Crippen LogP contribution is 2.61. The van der Waals surface area contributed by atoms with Gasteiger partial charge in [0.25, 0.3) is 0 Å². The molecule has 2 aliphatic rings. The Balaban J connectivity index is 1.02. The van der Waals surface area contributed by atoms with Gasteiger partial charge in [0.1, 0.15) is 0 Å². The van der Waals surface area contributed by atoms with E-state index in [2.05, 4.69) is 267 Å². The SMILES string of the molecule is c1ccc(-c2cc(-c3c4ccccc4c(-c4ccc5c6c(cccc46)-c4c-5c(-c5ccccc5)c5ccccc5c4-c4ccccc4)c4ccccc34)c(-c3ccccc3)c3c2-c2cccc4cccc-3c24)cc1. The Bertz CT molecular complexity index is 4510. The van der Waals surface area contributed by atoms with E-state index in [1.165, 1.54) is 165 Å². The van der Waals surface area contributed by atoms with Crippen LogP contribution in [0, 0.1) is 0 Å². The van der Waals surface area contributed by atoms with Gasteiger partial charge in [0.15, 0.2) is 0 Å². The monoisotopic (exact) mass is 932 g/mol. The fourth-order valence-corrected chi connectivity index (χ4v) is 13.5. The van der Waals surface area contributed by atoms with Crippen molar-refractivity contribution in [2.75, 3.05) is 0 Å². The molecule has 74 heavy (non-hydrogen) atoms. The number of rotatable bonds is 6. The molecule has 0 aromatic heterocycles. The van der Waals surface area contributed by atoms with E-state index in [1.54, 1.807) is 0 Å². The zero-order chi connectivity index (χ0) is 48.4. The van der Waals surface area contributed by atoms with Crippen LogP contribution in [0.5, 0.6) is 0 Å². The smallest absolute Gasteiger partial charge is 0.000741 e. The van der Waals surface area contributed by atoms with Crippen molar-refractivity contribution in [2.24, 2.45) is 0 Å². The molecule has 14 aromatic carbocycles. The predicted molar refractivity (Wildman–Crippen MR) is 315 cm³/mol. The van der Waals surface area contributed by atoms with E-state index in [4.69, 9.17) is 0 Å². The van der Waals surface area contributed by atoms with Gasteiger partial charge in [-0.15, -0.1) is 0 Å². The van der Waals surface area contributed by atoms with Gasteiger partial charge in [0.05, 0.1) is 0 Å². The van der Waals surface area contributed by atoms with Crippen LogP contribution < -0.4 is 0 Å². The second kappa shape index (κ2) is 15.9. The molecule has 0 radical (unpaired) electrons. The first kappa shape index (κ1) is 41.0. The van der Waals surface area contributed by atoms with Gasteiger partial charge in [0.2, 0.25) is 0 Å². The van der Waals surface area contributed by atoms with Crippen molar-refractivity contribution in [3.63, 3.8) is 0 Å². The van der Waals surface area contributed by atoms with Crippen molar-refractivity contribution in [1.29, 1.82) is 0 Å². The predicted octanol–water partition coefficient (Wildman–Crippen LogP) is 20.7. The Morgan fingerprint density at radius 1 is 0.149 bits per heavy atom. The number of hydrogen-bond acceptors (Lipinski definition) is 0. The van der Waals surface area contributed by atoms with Crippen molar-refractivity contribution in [1.82, 2.24) is 0 Å². The molecule has 0 fully saturated rings. The van der Waals surface area contributed by atoms with E-state index in [-0.39, 0.29) is 0 Å². The molecule has 0 saturated carbocycles. The van der Waals surface area contributed by atoms with Gasteiger partial charge in [-0.2, -0.15) is 0 Å². The van der Waals surface area contributed by atoms with E-state index in [9.17, 15) is 0 Å². The summed E-state index contributed by atoms with van der Waals surface area (Å²) < 4.78 is 0. The molecule has 340 valence electrons. The molecule has 0 heteroatoms. The van der Waals surface area contributed by atoms with Gasteiger partial charge in [-0.25, -0.2) is 0 Å². The molecule has 0 heterocycles. The van der Waals surface area contributed by atoms with Gasteiger partial charge in [0, 0.05) is 0 Å². The van der Waals surface area contributed by atoms with Crippen molar-refractivity contribution in [3.05, 3.63) is 267 Å². The van der Waals surface area contributed by atoms with Crippen LogP contribution in [0.2, 0.25) is 0 Å². The molecule has 0 bridgehead atoms. The molecule has 16 rings (SSSR count). The van der Waals surface area contributed by atoms with E-state index in [0.717, 1.165) is 0 Å². The highest BCUT2D eigenvalue weighted by molar-refractivity contribution is 6.32. The molecule has 0 saturated heterocycles. The molecule has 0 aliphatic heterocycles. The Hall–Kier alpha value is -9.62. The van der Waals surface area contributed by atoms with Gasteiger partial charge in [-0.05, 0) is 171 Å². The molecular weight excluding hydrogens is 889 g/mol. The molecule has 0 atom stereocenters. The van der Waals surface area contributed by atoms with Crippen LogP contribution in [0.1, 0.15) is 0 Å². The second-order valence-electron chi connectivity index (χ2n) is 20.0.